The molecule has 0 spiro atoms. The van der Waals surface area contributed by atoms with Crippen LogP contribution < -0.4 is 5.73 Å². The van der Waals surface area contributed by atoms with Crippen LogP contribution in [0.2, 0.25) is 0 Å². The van der Waals surface area contributed by atoms with Crippen molar-refractivity contribution in [2.45, 2.75) is 33.7 Å². The maximum absolute atomic E-state index is 6.05. The minimum atomic E-state index is 0.278. The van der Waals surface area contributed by atoms with E-state index in [4.69, 9.17) is 10.5 Å². The van der Waals surface area contributed by atoms with Crippen molar-refractivity contribution < 1.29 is 4.74 Å². The molecule has 0 bridgehead atoms. The molecule has 0 amide bonds. The van der Waals surface area contributed by atoms with Gasteiger partial charge in [-0.15, -0.1) is 0 Å². The molecule has 0 saturated carbocycles. The average molecular weight is 264 g/mol. The summed E-state index contributed by atoms with van der Waals surface area (Å²) in [5.74, 6) is 0. The van der Waals surface area contributed by atoms with Crippen LogP contribution in [0, 0.1) is 20.8 Å². The summed E-state index contributed by atoms with van der Waals surface area (Å²) >= 11 is 0. The Labute approximate surface area is 117 Å². The molecule has 1 aromatic carbocycles. The molecule has 108 valence electrons. The van der Waals surface area contributed by atoms with Gasteiger partial charge in [-0.2, -0.15) is 0 Å². The van der Waals surface area contributed by atoms with Crippen LogP contribution in [-0.2, 0) is 4.74 Å². The SMILES string of the molecule is CCN(CCOC)C(CN)c1c(C)cc(C)cc1C. The quantitative estimate of drug-likeness (QED) is 0.822. The molecule has 1 unspecified atom stereocenters. The van der Waals surface area contributed by atoms with Gasteiger partial charge in [-0.3, -0.25) is 4.90 Å². The van der Waals surface area contributed by atoms with E-state index in [1.54, 1.807) is 7.11 Å². The minimum absolute atomic E-state index is 0.278. The molecule has 0 heterocycles. The molecule has 0 fully saturated rings. The molecular weight excluding hydrogens is 236 g/mol. The van der Waals surface area contributed by atoms with E-state index in [1.165, 1.54) is 22.3 Å². The molecule has 1 aromatic rings. The molecular formula is C16H28N2O. The van der Waals surface area contributed by atoms with Gasteiger partial charge in [-0.1, -0.05) is 24.6 Å². The lowest BCUT2D eigenvalue weighted by Gasteiger charge is -2.32. The van der Waals surface area contributed by atoms with E-state index in [9.17, 15) is 0 Å². The van der Waals surface area contributed by atoms with Crippen LogP contribution in [0.25, 0.3) is 0 Å². The number of rotatable bonds is 7. The number of hydrogen-bond donors (Lipinski definition) is 1. The summed E-state index contributed by atoms with van der Waals surface area (Å²) in [6, 6.07) is 4.77. The summed E-state index contributed by atoms with van der Waals surface area (Å²) in [7, 11) is 1.74. The molecule has 0 radical (unpaired) electrons. The summed E-state index contributed by atoms with van der Waals surface area (Å²) in [5, 5.41) is 0. The third-order valence-electron chi connectivity index (χ3n) is 3.72. The maximum Gasteiger partial charge on any atom is 0.0589 e. The van der Waals surface area contributed by atoms with Crippen LogP contribution in [-0.4, -0.2) is 38.3 Å². The summed E-state index contributed by atoms with van der Waals surface area (Å²) in [5.41, 5.74) is 11.4. The molecule has 0 aliphatic carbocycles. The van der Waals surface area contributed by atoms with E-state index >= 15 is 0 Å². The average Bonchev–Trinajstić information content (AvgIpc) is 2.36. The van der Waals surface area contributed by atoms with Crippen LogP contribution in [0.15, 0.2) is 12.1 Å². The second-order valence-corrected chi connectivity index (χ2v) is 5.19. The first-order valence-corrected chi connectivity index (χ1v) is 7.05. The van der Waals surface area contributed by atoms with Crippen LogP contribution in [0.3, 0.4) is 0 Å². The van der Waals surface area contributed by atoms with E-state index < -0.39 is 0 Å². The van der Waals surface area contributed by atoms with Crippen LogP contribution >= 0.6 is 0 Å². The Balaban J connectivity index is 3.07. The van der Waals surface area contributed by atoms with Gasteiger partial charge in [0.05, 0.1) is 6.61 Å². The smallest absolute Gasteiger partial charge is 0.0589 e. The zero-order chi connectivity index (χ0) is 14.4. The molecule has 0 aliphatic heterocycles. The van der Waals surface area contributed by atoms with Gasteiger partial charge in [0.15, 0.2) is 0 Å². The van der Waals surface area contributed by atoms with Gasteiger partial charge in [0.2, 0.25) is 0 Å². The summed E-state index contributed by atoms with van der Waals surface area (Å²) in [6.45, 7) is 12.0. The molecule has 3 nitrogen and oxygen atoms in total. The molecule has 1 atom stereocenters. The van der Waals surface area contributed by atoms with E-state index in [0.29, 0.717) is 6.54 Å². The standard InChI is InChI=1S/C16H28N2O/c1-6-18(7-8-19-5)15(11-17)16-13(3)9-12(2)10-14(16)4/h9-10,15H,6-8,11,17H2,1-5H3. The van der Waals surface area contributed by atoms with Crippen molar-refractivity contribution in [1.82, 2.24) is 4.90 Å². The Hall–Kier alpha value is -0.900. The fourth-order valence-electron chi connectivity index (χ4n) is 2.91. The highest BCUT2D eigenvalue weighted by atomic mass is 16.5. The van der Waals surface area contributed by atoms with Crippen molar-refractivity contribution in [2.24, 2.45) is 5.73 Å². The van der Waals surface area contributed by atoms with Gasteiger partial charge in [0.25, 0.3) is 0 Å². The fourth-order valence-corrected chi connectivity index (χ4v) is 2.91. The molecule has 3 heteroatoms. The van der Waals surface area contributed by atoms with Gasteiger partial charge in [0.1, 0.15) is 0 Å². The van der Waals surface area contributed by atoms with Crippen molar-refractivity contribution >= 4 is 0 Å². The topological polar surface area (TPSA) is 38.5 Å². The first-order chi connectivity index (χ1) is 9.04. The van der Waals surface area contributed by atoms with E-state index in [0.717, 1.165) is 19.7 Å². The lowest BCUT2D eigenvalue weighted by Crippen LogP contribution is -2.36. The molecule has 0 saturated heterocycles. The maximum atomic E-state index is 6.05. The Morgan fingerprint density at radius 3 is 2.21 bits per heavy atom. The van der Waals surface area contributed by atoms with Crippen LogP contribution in [0.5, 0.6) is 0 Å². The Kier molecular flexibility index (Phi) is 6.49. The molecule has 0 aromatic heterocycles. The molecule has 2 N–H and O–H groups in total. The van der Waals surface area contributed by atoms with E-state index in [2.05, 4.69) is 44.7 Å². The Morgan fingerprint density at radius 1 is 1.21 bits per heavy atom. The zero-order valence-corrected chi connectivity index (χ0v) is 13.0. The second-order valence-electron chi connectivity index (χ2n) is 5.19. The van der Waals surface area contributed by atoms with Gasteiger partial charge in [0, 0.05) is 26.2 Å². The van der Waals surface area contributed by atoms with Gasteiger partial charge >= 0.3 is 0 Å². The third kappa shape index (κ3) is 4.03. The summed E-state index contributed by atoms with van der Waals surface area (Å²) in [4.78, 5) is 2.40. The highest BCUT2D eigenvalue weighted by Crippen LogP contribution is 2.27. The number of methoxy groups -OCH3 is 1. The number of hydrogen-bond acceptors (Lipinski definition) is 3. The second kappa shape index (κ2) is 7.63. The van der Waals surface area contributed by atoms with E-state index in [-0.39, 0.29) is 6.04 Å². The fraction of sp³-hybridized carbons (Fsp3) is 0.625. The number of nitrogens with zero attached hydrogens (tertiary/aromatic N) is 1. The van der Waals surface area contributed by atoms with Crippen molar-refractivity contribution in [3.8, 4) is 0 Å². The first-order valence-electron chi connectivity index (χ1n) is 7.05. The van der Waals surface area contributed by atoms with Gasteiger partial charge in [-0.25, -0.2) is 0 Å². The van der Waals surface area contributed by atoms with Crippen molar-refractivity contribution in [3.05, 3.63) is 34.4 Å². The van der Waals surface area contributed by atoms with Crippen LogP contribution in [0.4, 0.5) is 0 Å². The molecule has 1 rings (SSSR count). The lowest BCUT2D eigenvalue weighted by molar-refractivity contribution is 0.125. The predicted molar refractivity (Wildman–Crippen MR) is 81.6 cm³/mol. The van der Waals surface area contributed by atoms with Crippen molar-refractivity contribution in [1.29, 1.82) is 0 Å². The van der Waals surface area contributed by atoms with Crippen molar-refractivity contribution in [3.63, 3.8) is 0 Å². The number of benzene rings is 1. The number of aryl methyl sites for hydroxylation is 3. The van der Waals surface area contributed by atoms with Crippen LogP contribution in [0.1, 0.15) is 35.2 Å². The summed E-state index contributed by atoms with van der Waals surface area (Å²) < 4.78 is 5.20. The highest BCUT2D eigenvalue weighted by Gasteiger charge is 2.21. The normalized spacial score (nSPS) is 13.0. The largest absolute Gasteiger partial charge is 0.383 e. The molecule has 19 heavy (non-hydrogen) atoms. The first kappa shape index (κ1) is 16.2. The minimum Gasteiger partial charge on any atom is -0.383 e. The Bertz CT molecular complexity index is 381. The third-order valence-corrected chi connectivity index (χ3v) is 3.72. The van der Waals surface area contributed by atoms with E-state index in [1.807, 2.05) is 0 Å². The molecule has 0 aliphatic rings. The number of ether oxygens (including phenoxy) is 1. The predicted octanol–water partition coefficient (Wildman–Crippen LogP) is 2.58. The monoisotopic (exact) mass is 264 g/mol. The Morgan fingerprint density at radius 2 is 1.79 bits per heavy atom. The summed E-state index contributed by atoms with van der Waals surface area (Å²) in [6.07, 6.45) is 0. The van der Waals surface area contributed by atoms with Gasteiger partial charge in [-0.05, 0) is 44.0 Å². The van der Waals surface area contributed by atoms with Gasteiger partial charge < -0.3 is 10.5 Å². The lowest BCUT2D eigenvalue weighted by atomic mass is 9.93. The highest BCUT2D eigenvalue weighted by molar-refractivity contribution is 5.39. The number of likely N-dealkylation sites (N-methyl/N-ethyl adjacent to an activating group) is 1. The number of nitrogens with two attached hydrogens (primary N) is 1. The zero-order valence-electron chi connectivity index (χ0n) is 13.0. The van der Waals surface area contributed by atoms with Crippen molar-refractivity contribution in [2.75, 3.05) is 33.4 Å².